The summed E-state index contributed by atoms with van der Waals surface area (Å²) in [7, 11) is 0. The molecule has 0 saturated heterocycles. The summed E-state index contributed by atoms with van der Waals surface area (Å²) < 4.78 is 9.21. The Labute approximate surface area is 87.8 Å². The van der Waals surface area contributed by atoms with Crippen LogP contribution in [0.15, 0.2) is 0 Å². The molecule has 0 bridgehead atoms. The first-order chi connectivity index (χ1) is 7.20. The average Bonchev–Trinajstić information content (AvgIpc) is 2.26. The van der Waals surface area contributed by atoms with Crippen molar-refractivity contribution in [2.75, 3.05) is 26.4 Å². The monoisotopic (exact) mass is 220 g/mol. The van der Waals surface area contributed by atoms with Crippen LogP contribution in [0.5, 0.6) is 0 Å². The number of unbranched alkanes of at least 4 members (excludes halogenated alkanes) is 2. The molecule has 0 atom stereocenters. The number of carbonyl (C=O) groups excluding carboxylic acids is 2. The molecule has 0 heterocycles. The molecule has 0 spiro atoms. The molecule has 0 saturated carbocycles. The Balaban J connectivity index is 3.11. The van der Waals surface area contributed by atoms with Crippen molar-refractivity contribution in [1.29, 1.82) is 0 Å². The number of carbonyl (C=O) groups is 2. The first kappa shape index (κ1) is 13.9. The predicted octanol–water partition coefficient (Wildman–Crippen LogP) is -0.772. The van der Waals surface area contributed by atoms with Gasteiger partial charge in [-0.3, -0.25) is 0 Å². The van der Waals surface area contributed by atoms with Gasteiger partial charge in [0, 0.05) is 0 Å². The third kappa shape index (κ3) is 9.17. The first-order valence-electron chi connectivity index (χ1n) is 4.73. The predicted molar refractivity (Wildman–Crippen MR) is 49.9 cm³/mol. The van der Waals surface area contributed by atoms with E-state index in [-0.39, 0.29) is 13.2 Å². The molecule has 0 rings (SSSR count). The first-order valence-corrected chi connectivity index (χ1v) is 4.73. The van der Waals surface area contributed by atoms with E-state index in [1.54, 1.807) is 0 Å². The summed E-state index contributed by atoms with van der Waals surface area (Å²) in [5.74, 6) is -1.27. The third-order valence-corrected chi connectivity index (χ3v) is 1.57. The van der Waals surface area contributed by atoms with Crippen LogP contribution >= 0.6 is 0 Å². The van der Waals surface area contributed by atoms with Crippen molar-refractivity contribution in [3.63, 3.8) is 0 Å². The number of aliphatic hydroxyl groups is 2. The quantitative estimate of drug-likeness (QED) is 0.412. The van der Waals surface area contributed by atoms with Crippen LogP contribution < -0.4 is 0 Å². The molecule has 6 nitrogen and oxygen atoms in total. The lowest BCUT2D eigenvalue weighted by atomic mass is 10.2. The topological polar surface area (TPSA) is 93.1 Å². The lowest BCUT2D eigenvalue weighted by molar-refractivity contribution is -0.147. The van der Waals surface area contributed by atoms with E-state index in [1.165, 1.54) is 0 Å². The van der Waals surface area contributed by atoms with Gasteiger partial charge in [0.2, 0.25) is 0 Å². The minimum absolute atomic E-state index is 0.257. The lowest BCUT2D eigenvalue weighted by Crippen LogP contribution is -2.11. The van der Waals surface area contributed by atoms with Gasteiger partial charge in [-0.15, -0.1) is 0 Å². The Morgan fingerprint density at radius 3 is 1.53 bits per heavy atom. The molecule has 0 aliphatic rings. The van der Waals surface area contributed by atoms with Gasteiger partial charge < -0.3 is 19.7 Å². The molecule has 0 aromatic rings. The smallest absolute Gasteiger partial charge is 0.331 e. The summed E-state index contributed by atoms with van der Waals surface area (Å²) in [6.45, 7) is -0.692. The van der Waals surface area contributed by atoms with Crippen molar-refractivity contribution in [3.8, 4) is 0 Å². The van der Waals surface area contributed by atoms with E-state index in [1.807, 2.05) is 0 Å². The van der Waals surface area contributed by atoms with Gasteiger partial charge in [-0.05, 0) is 19.3 Å². The zero-order chi connectivity index (χ0) is 11.5. The van der Waals surface area contributed by atoms with Gasteiger partial charge in [0.05, 0.1) is 13.2 Å². The summed E-state index contributed by atoms with van der Waals surface area (Å²) in [6.07, 6.45) is 2.06. The van der Waals surface area contributed by atoms with Crippen LogP contribution in [0, 0.1) is 0 Å². The fraction of sp³-hybridized carbons (Fsp3) is 0.778. The average molecular weight is 220 g/mol. The van der Waals surface area contributed by atoms with Gasteiger partial charge in [0.25, 0.3) is 0 Å². The van der Waals surface area contributed by atoms with Crippen molar-refractivity contribution >= 4 is 11.9 Å². The Morgan fingerprint density at radius 1 is 0.800 bits per heavy atom. The Kier molecular flexibility index (Phi) is 8.70. The minimum atomic E-state index is -0.637. The van der Waals surface area contributed by atoms with Crippen molar-refractivity contribution in [2.45, 2.75) is 19.3 Å². The van der Waals surface area contributed by atoms with Crippen molar-refractivity contribution < 1.29 is 29.3 Å². The van der Waals surface area contributed by atoms with Crippen LogP contribution in [0.3, 0.4) is 0 Å². The molecule has 15 heavy (non-hydrogen) atoms. The van der Waals surface area contributed by atoms with Crippen LogP contribution in [-0.4, -0.2) is 48.6 Å². The summed E-state index contributed by atoms with van der Waals surface area (Å²) in [5.41, 5.74) is 0. The molecule has 0 aromatic carbocycles. The molecule has 2 N–H and O–H groups in total. The van der Waals surface area contributed by atoms with Crippen LogP contribution in [0.25, 0.3) is 0 Å². The maximum absolute atomic E-state index is 10.5. The van der Waals surface area contributed by atoms with Gasteiger partial charge >= 0.3 is 11.9 Å². The van der Waals surface area contributed by atoms with Crippen LogP contribution in [0.2, 0.25) is 0 Å². The SMILES string of the molecule is O=C(CO)OCCCCCOC(=O)CO. The fourth-order valence-corrected chi connectivity index (χ4v) is 0.844. The summed E-state index contributed by atoms with van der Waals surface area (Å²) in [5, 5.41) is 16.6. The van der Waals surface area contributed by atoms with Gasteiger partial charge in [-0.25, -0.2) is 9.59 Å². The number of ether oxygens (including phenoxy) is 2. The summed E-state index contributed by atoms with van der Waals surface area (Å²) in [4.78, 5) is 20.9. The number of hydrogen-bond donors (Lipinski definition) is 2. The fourth-order valence-electron chi connectivity index (χ4n) is 0.844. The van der Waals surface area contributed by atoms with E-state index >= 15 is 0 Å². The molecule has 0 fully saturated rings. The second-order valence-electron chi connectivity index (χ2n) is 2.82. The number of rotatable bonds is 8. The van der Waals surface area contributed by atoms with Gasteiger partial charge in [0.1, 0.15) is 13.2 Å². The summed E-state index contributed by atoms with van der Waals surface area (Å²) in [6, 6.07) is 0. The number of aliphatic hydroxyl groups excluding tert-OH is 2. The number of hydrogen-bond acceptors (Lipinski definition) is 6. The molecular weight excluding hydrogens is 204 g/mol. The van der Waals surface area contributed by atoms with Crippen LogP contribution in [0.1, 0.15) is 19.3 Å². The van der Waals surface area contributed by atoms with Crippen molar-refractivity contribution in [3.05, 3.63) is 0 Å². The van der Waals surface area contributed by atoms with Gasteiger partial charge in [0.15, 0.2) is 0 Å². The van der Waals surface area contributed by atoms with Crippen molar-refractivity contribution in [1.82, 2.24) is 0 Å². The lowest BCUT2D eigenvalue weighted by Gasteiger charge is -2.03. The maximum Gasteiger partial charge on any atom is 0.331 e. The van der Waals surface area contributed by atoms with E-state index in [4.69, 9.17) is 10.2 Å². The van der Waals surface area contributed by atoms with Gasteiger partial charge in [-0.1, -0.05) is 0 Å². The molecule has 0 aromatic heterocycles. The zero-order valence-electron chi connectivity index (χ0n) is 8.48. The highest BCUT2D eigenvalue weighted by Crippen LogP contribution is 1.97. The molecule has 0 unspecified atom stereocenters. The highest BCUT2D eigenvalue weighted by molar-refractivity contribution is 5.70. The Morgan fingerprint density at radius 2 is 1.20 bits per heavy atom. The second-order valence-corrected chi connectivity index (χ2v) is 2.82. The Bertz CT molecular complexity index is 171. The third-order valence-electron chi connectivity index (χ3n) is 1.57. The second kappa shape index (κ2) is 9.42. The molecule has 0 amide bonds. The minimum Gasteiger partial charge on any atom is -0.464 e. The number of esters is 2. The van der Waals surface area contributed by atoms with E-state index < -0.39 is 25.2 Å². The van der Waals surface area contributed by atoms with Crippen LogP contribution in [-0.2, 0) is 19.1 Å². The normalized spacial score (nSPS) is 9.73. The van der Waals surface area contributed by atoms with E-state index in [9.17, 15) is 9.59 Å². The molecule has 88 valence electrons. The molecule has 6 heteroatoms. The highest BCUT2D eigenvalue weighted by atomic mass is 16.5. The Hall–Kier alpha value is -1.14. The standard InChI is InChI=1S/C9H16O6/c10-6-8(12)14-4-2-1-3-5-15-9(13)7-11/h10-11H,1-7H2. The van der Waals surface area contributed by atoms with Crippen LogP contribution in [0.4, 0.5) is 0 Å². The van der Waals surface area contributed by atoms with Crippen molar-refractivity contribution in [2.24, 2.45) is 0 Å². The van der Waals surface area contributed by atoms with E-state index in [0.717, 1.165) is 6.42 Å². The molecule has 0 aliphatic heterocycles. The summed E-state index contributed by atoms with van der Waals surface area (Å²) >= 11 is 0. The zero-order valence-corrected chi connectivity index (χ0v) is 8.48. The largest absolute Gasteiger partial charge is 0.464 e. The molecule has 0 aliphatic carbocycles. The maximum atomic E-state index is 10.5. The van der Waals surface area contributed by atoms with E-state index in [2.05, 4.69) is 9.47 Å². The van der Waals surface area contributed by atoms with Gasteiger partial charge in [-0.2, -0.15) is 0 Å². The molecular formula is C9H16O6. The van der Waals surface area contributed by atoms with E-state index in [0.29, 0.717) is 12.8 Å². The highest BCUT2D eigenvalue weighted by Gasteiger charge is 2.00. The molecule has 0 radical (unpaired) electrons.